The van der Waals surface area contributed by atoms with Crippen LogP contribution in [0.1, 0.15) is 15.9 Å². The van der Waals surface area contributed by atoms with E-state index in [4.69, 9.17) is 20.2 Å². The number of oxazole rings is 1. The van der Waals surface area contributed by atoms with E-state index in [2.05, 4.69) is 9.97 Å². The van der Waals surface area contributed by atoms with Crippen LogP contribution in [0.2, 0.25) is 5.02 Å². The lowest BCUT2D eigenvalue weighted by Gasteiger charge is -2.09. The molecule has 3 aromatic heterocycles. The standard InChI is InChI=1S/C19H11ClN2O5S2/c20-13-8-14(18(23)12-4-2-1-3-5-12)19(22-9-13)27-29(24,25)17-7-6-16(28-17)15-10-21-11-26-15/h1-11H. The average Bonchev–Trinajstić information content (AvgIpc) is 3.41. The van der Waals surface area contributed by atoms with Crippen LogP contribution in [0, 0.1) is 0 Å². The summed E-state index contributed by atoms with van der Waals surface area (Å²) in [5.41, 5.74) is 0.293. The monoisotopic (exact) mass is 446 g/mol. The molecule has 0 aliphatic carbocycles. The summed E-state index contributed by atoms with van der Waals surface area (Å²) in [6, 6.07) is 12.6. The molecule has 0 spiro atoms. The van der Waals surface area contributed by atoms with Crippen LogP contribution in [0.3, 0.4) is 0 Å². The quantitative estimate of drug-likeness (QED) is 0.318. The smallest absolute Gasteiger partial charge is 0.350 e. The second kappa shape index (κ2) is 7.78. The van der Waals surface area contributed by atoms with Gasteiger partial charge in [0.2, 0.25) is 5.88 Å². The fourth-order valence-corrected chi connectivity index (χ4v) is 4.76. The minimum absolute atomic E-state index is 0.0562. The Labute approximate surface area is 174 Å². The van der Waals surface area contributed by atoms with Crippen LogP contribution in [-0.2, 0) is 10.1 Å². The molecule has 0 unspecified atom stereocenters. The molecule has 0 aliphatic rings. The highest BCUT2D eigenvalue weighted by atomic mass is 35.5. The minimum Gasteiger partial charge on any atom is -0.443 e. The number of benzene rings is 1. The van der Waals surface area contributed by atoms with Gasteiger partial charge in [-0.1, -0.05) is 41.9 Å². The summed E-state index contributed by atoms with van der Waals surface area (Å²) in [7, 11) is -4.24. The molecule has 0 saturated carbocycles. The van der Waals surface area contributed by atoms with Crippen LogP contribution in [0.15, 0.2) is 75.9 Å². The summed E-state index contributed by atoms with van der Waals surface area (Å²) < 4.78 is 35.8. The maximum absolute atomic E-state index is 12.8. The topological polar surface area (TPSA) is 99.4 Å². The number of ketones is 1. The van der Waals surface area contributed by atoms with Crippen molar-refractivity contribution in [3.63, 3.8) is 0 Å². The molecular formula is C19H11ClN2O5S2. The number of rotatable bonds is 6. The van der Waals surface area contributed by atoms with Gasteiger partial charge in [0.15, 0.2) is 22.1 Å². The summed E-state index contributed by atoms with van der Waals surface area (Å²) in [5.74, 6) is -0.377. The van der Waals surface area contributed by atoms with E-state index in [-0.39, 0.29) is 20.7 Å². The van der Waals surface area contributed by atoms with Crippen LogP contribution in [0.4, 0.5) is 0 Å². The number of carbonyl (C=O) groups is 1. The SMILES string of the molecule is O=C(c1ccccc1)c1cc(Cl)cnc1OS(=O)(=O)c1ccc(-c2cnco2)s1. The molecule has 1 aromatic carbocycles. The van der Waals surface area contributed by atoms with Crippen LogP contribution < -0.4 is 4.18 Å². The molecule has 0 amide bonds. The van der Waals surface area contributed by atoms with Gasteiger partial charge in [-0.15, -0.1) is 11.3 Å². The summed E-state index contributed by atoms with van der Waals surface area (Å²) in [4.78, 5) is 21.1. The number of thiophene rings is 1. The third-order valence-electron chi connectivity index (χ3n) is 3.79. The molecule has 0 saturated heterocycles. The number of halogens is 1. The Balaban J connectivity index is 1.68. The van der Waals surface area contributed by atoms with E-state index in [9.17, 15) is 13.2 Å². The third-order valence-corrected chi connectivity index (χ3v) is 6.76. The summed E-state index contributed by atoms with van der Waals surface area (Å²) >= 11 is 6.91. The Morgan fingerprint density at radius 1 is 1.10 bits per heavy atom. The maximum atomic E-state index is 12.8. The Kier molecular flexibility index (Phi) is 5.18. The highest BCUT2D eigenvalue weighted by molar-refractivity contribution is 7.89. The first kappa shape index (κ1) is 19.3. The first-order valence-corrected chi connectivity index (χ1v) is 10.7. The molecular weight excluding hydrogens is 436 g/mol. The van der Waals surface area contributed by atoms with E-state index >= 15 is 0 Å². The summed E-state index contributed by atoms with van der Waals surface area (Å²) in [5, 5.41) is 0.178. The summed E-state index contributed by atoms with van der Waals surface area (Å²) in [6.45, 7) is 0. The van der Waals surface area contributed by atoms with E-state index in [0.717, 1.165) is 11.3 Å². The van der Waals surface area contributed by atoms with Gasteiger partial charge in [-0.05, 0) is 18.2 Å². The van der Waals surface area contributed by atoms with Crippen molar-refractivity contribution in [3.8, 4) is 16.5 Å². The van der Waals surface area contributed by atoms with Crippen molar-refractivity contribution in [1.82, 2.24) is 9.97 Å². The molecule has 4 rings (SSSR count). The average molecular weight is 447 g/mol. The Morgan fingerprint density at radius 2 is 1.90 bits per heavy atom. The van der Waals surface area contributed by atoms with E-state index < -0.39 is 15.9 Å². The zero-order chi connectivity index (χ0) is 20.4. The van der Waals surface area contributed by atoms with Gasteiger partial charge in [0, 0.05) is 11.8 Å². The number of nitrogens with zero attached hydrogens (tertiary/aromatic N) is 2. The number of pyridine rings is 1. The van der Waals surface area contributed by atoms with Gasteiger partial charge in [-0.3, -0.25) is 4.79 Å². The van der Waals surface area contributed by atoms with Crippen molar-refractivity contribution in [2.75, 3.05) is 0 Å². The molecule has 146 valence electrons. The Hall–Kier alpha value is -3.01. The van der Waals surface area contributed by atoms with Crippen molar-refractivity contribution < 1.29 is 21.8 Å². The third kappa shape index (κ3) is 4.07. The van der Waals surface area contributed by atoms with Crippen molar-refractivity contribution in [2.45, 2.75) is 4.21 Å². The van der Waals surface area contributed by atoms with Crippen LogP contribution in [0.25, 0.3) is 10.6 Å². The predicted octanol–water partition coefficient (Wildman–Crippen LogP) is 4.45. The van der Waals surface area contributed by atoms with Crippen molar-refractivity contribution in [1.29, 1.82) is 0 Å². The lowest BCUT2D eigenvalue weighted by molar-refractivity contribution is 0.103. The summed E-state index contributed by atoms with van der Waals surface area (Å²) in [6.07, 6.45) is 3.93. The zero-order valence-electron chi connectivity index (χ0n) is 14.5. The van der Waals surface area contributed by atoms with E-state index in [0.29, 0.717) is 16.2 Å². The predicted molar refractivity (Wildman–Crippen MR) is 107 cm³/mol. The first-order chi connectivity index (χ1) is 13.9. The van der Waals surface area contributed by atoms with E-state index in [1.54, 1.807) is 36.4 Å². The highest BCUT2D eigenvalue weighted by Gasteiger charge is 2.25. The minimum atomic E-state index is -4.24. The molecule has 0 aliphatic heterocycles. The molecule has 7 nitrogen and oxygen atoms in total. The normalized spacial score (nSPS) is 11.3. The molecule has 29 heavy (non-hydrogen) atoms. The number of aromatic nitrogens is 2. The van der Waals surface area contributed by atoms with Gasteiger partial charge in [-0.2, -0.15) is 8.42 Å². The number of hydrogen-bond acceptors (Lipinski definition) is 8. The van der Waals surface area contributed by atoms with Gasteiger partial charge in [-0.25, -0.2) is 9.97 Å². The molecule has 0 N–H and O–H groups in total. The van der Waals surface area contributed by atoms with Gasteiger partial charge >= 0.3 is 10.1 Å². The van der Waals surface area contributed by atoms with Gasteiger partial charge < -0.3 is 8.60 Å². The van der Waals surface area contributed by atoms with E-state index in [1.165, 1.54) is 30.9 Å². The molecule has 0 atom stereocenters. The molecule has 3 heterocycles. The Morgan fingerprint density at radius 3 is 2.62 bits per heavy atom. The molecule has 4 aromatic rings. The lowest BCUT2D eigenvalue weighted by atomic mass is 10.0. The van der Waals surface area contributed by atoms with Crippen molar-refractivity contribution in [3.05, 3.63) is 83.5 Å². The zero-order valence-corrected chi connectivity index (χ0v) is 16.9. The van der Waals surface area contributed by atoms with Gasteiger partial charge in [0.05, 0.1) is 21.7 Å². The van der Waals surface area contributed by atoms with Crippen LogP contribution >= 0.6 is 22.9 Å². The van der Waals surface area contributed by atoms with Crippen molar-refractivity contribution in [2.24, 2.45) is 0 Å². The number of carbonyl (C=O) groups excluding carboxylic acids is 1. The van der Waals surface area contributed by atoms with Gasteiger partial charge in [0.25, 0.3) is 0 Å². The first-order valence-electron chi connectivity index (χ1n) is 8.12. The molecule has 0 radical (unpaired) electrons. The maximum Gasteiger partial charge on any atom is 0.350 e. The molecule has 10 heteroatoms. The molecule has 0 bridgehead atoms. The van der Waals surface area contributed by atoms with Crippen molar-refractivity contribution >= 4 is 38.8 Å². The van der Waals surface area contributed by atoms with Gasteiger partial charge in [0.1, 0.15) is 0 Å². The second-order valence-corrected chi connectivity index (χ2v) is 9.02. The van der Waals surface area contributed by atoms with Crippen LogP contribution in [-0.4, -0.2) is 24.2 Å². The Bertz CT molecular complexity index is 1270. The number of hydrogen-bond donors (Lipinski definition) is 0. The van der Waals surface area contributed by atoms with Crippen LogP contribution in [0.5, 0.6) is 5.88 Å². The molecule has 0 fully saturated rings. The van der Waals surface area contributed by atoms with E-state index in [1.807, 2.05) is 0 Å². The highest BCUT2D eigenvalue weighted by Crippen LogP contribution is 2.33. The lowest BCUT2D eigenvalue weighted by Crippen LogP contribution is -2.13. The second-order valence-electron chi connectivity index (χ2n) is 5.72. The fourth-order valence-electron chi connectivity index (χ4n) is 2.47. The largest absolute Gasteiger partial charge is 0.443 e. The fraction of sp³-hybridized carbons (Fsp3) is 0.